The normalized spacial score (nSPS) is 35.4. The number of allylic oxidation sites excluding steroid dienone is 1. The molecule has 0 amide bonds. The number of rotatable bonds is 5. The lowest BCUT2D eigenvalue weighted by molar-refractivity contribution is 0.0893. The van der Waals surface area contributed by atoms with E-state index in [9.17, 15) is 5.11 Å². The van der Waals surface area contributed by atoms with E-state index in [1.54, 1.807) is 11.1 Å². The summed E-state index contributed by atoms with van der Waals surface area (Å²) < 4.78 is 11.4. The van der Waals surface area contributed by atoms with Crippen LogP contribution < -0.4 is 0 Å². The molecule has 3 aliphatic heterocycles. The van der Waals surface area contributed by atoms with Crippen molar-refractivity contribution >= 4 is 0 Å². The first-order chi connectivity index (χ1) is 13.4. The van der Waals surface area contributed by atoms with Gasteiger partial charge in [0, 0.05) is 50.6 Å². The molecule has 5 heteroatoms. The maximum atomic E-state index is 10.4. The predicted octanol–water partition coefficient (Wildman–Crippen LogP) is 2.40. The van der Waals surface area contributed by atoms with Crippen molar-refractivity contribution in [3.63, 3.8) is 0 Å². The van der Waals surface area contributed by atoms with Crippen molar-refractivity contribution in [1.82, 2.24) is 9.80 Å². The molecular formula is C23H40N2O3. The number of fused-ring (bicyclic) bond motifs is 1. The van der Waals surface area contributed by atoms with Crippen LogP contribution in [0.5, 0.6) is 0 Å². The zero-order valence-electron chi connectivity index (χ0n) is 18.2. The monoisotopic (exact) mass is 392 g/mol. The zero-order valence-corrected chi connectivity index (χ0v) is 18.2. The van der Waals surface area contributed by atoms with E-state index in [0.29, 0.717) is 23.9 Å². The molecule has 1 N–H and O–H groups in total. The van der Waals surface area contributed by atoms with Crippen LogP contribution in [0.4, 0.5) is 0 Å². The molecule has 3 heterocycles. The van der Waals surface area contributed by atoms with Gasteiger partial charge in [-0.15, -0.1) is 0 Å². The topological polar surface area (TPSA) is 45.2 Å². The number of nitrogens with zero attached hydrogens (tertiary/aromatic N) is 2. The number of hydrogen-bond acceptors (Lipinski definition) is 5. The molecule has 4 rings (SSSR count). The molecule has 0 radical (unpaired) electrons. The summed E-state index contributed by atoms with van der Waals surface area (Å²) in [6.07, 6.45) is 3.90. The summed E-state index contributed by atoms with van der Waals surface area (Å²) in [6, 6.07) is 0. The van der Waals surface area contributed by atoms with E-state index in [2.05, 4.69) is 30.6 Å². The molecule has 3 fully saturated rings. The van der Waals surface area contributed by atoms with Gasteiger partial charge < -0.3 is 19.5 Å². The smallest absolute Gasteiger partial charge is 0.0700 e. The van der Waals surface area contributed by atoms with Gasteiger partial charge in [0.05, 0.1) is 33.0 Å². The Bertz CT molecular complexity index is 582. The molecule has 3 saturated heterocycles. The van der Waals surface area contributed by atoms with Crippen LogP contribution in [0, 0.1) is 22.7 Å². The predicted molar refractivity (Wildman–Crippen MR) is 111 cm³/mol. The highest BCUT2D eigenvalue weighted by Gasteiger charge is 2.52. The van der Waals surface area contributed by atoms with Gasteiger partial charge in [0.1, 0.15) is 0 Å². The Hall–Kier alpha value is -0.460. The Kier molecular flexibility index (Phi) is 6.20. The quantitative estimate of drug-likeness (QED) is 0.728. The number of aliphatic hydroxyl groups is 1. The summed E-state index contributed by atoms with van der Waals surface area (Å²) in [4.78, 5) is 5.21. The third kappa shape index (κ3) is 4.20. The van der Waals surface area contributed by atoms with Crippen molar-refractivity contribution in [3.05, 3.63) is 11.1 Å². The van der Waals surface area contributed by atoms with E-state index in [1.807, 2.05) is 0 Å². The summed E-state index contributed by atoms with van der Waals surface area (Å²) in [7, 11) is 0. The van der Waals surface area contributed by atoms with Crippen LogP contribution in [-0.4, -0.2) is 87.2 Å². The average molecular weight is 393 g/mol. The minimum absolute atomic E-state index is 0.0553. The molecule has 160 valence electrons. The summed E-state index contributed by atoms with van der Waals surface area (Å²) in [5, 5.41) is 10.4. The van der Waals surface area contributed by atoms with Gasteiger partial charge in [0.25, 0.3) is 0 Å². The van der Waals surface area contributed by atoms with Crippen LogP contribution in [0.1, 0.15) is 40.0 Å². The van der Waals surface area contributed by atoms with E-state index in [1.165, 1.54) is 19.3 Å². The van der Waals surface area contributed by atoms with Crippen LogP contribution in [0.15, 0.2) is 11.1 Å². The van der Waals surface area contributed by atoms with Gasteiger partial charge in [0.15, 0.2) is 0 Å². The number of ether oxygens (including phenoxy) is 2. The van der Waals surface area contributed by atoms with Crippen LogP contribution in [0.3, 0.4) is 0 Å². The third-order valence-electron chi connectivity index (χ3n) is 7.88. The molecule has 4 aliphatic rings. The van der Waals surface area contributed by atoms with Crippen molar-refractivity contribution in [2.75, 3.05) is 72.3 Å². The van der Waals surface area contributed by atoms with Crippen LogP contribution in [0.2, 0.25) is 0 Å². The van der Waals surface area contributed by atoms with Crippen molar-refractivity contribution < 1.29 is 14.6 Å². The van der Waals surface area contributed by atoms with Gasteiger partial charge in [-0.2, -0.15) is 0 Å². The first kappa shape index (κ1) is 20.8. The van der Waals surface area contributed by atoms with Crippen molar-refractivity contribution in [2.24, 2.45) is 22.7 Å². The summed E-state index contributed by atoms with van der Waals surface area (Å²) in [6.45, 7) is 17.0. The number of likely N-dealkylation sites (tertiary alicyclic amines) is 2. The molecule has 0 aromatic rings. The molecule has 0 aromatic carbocycles. The molecule has 0 spiro atoms. The van der Waals surface area contributed by atoms with Crippen LogP contribution in [-0.2, 0) is 9.47 Å². The second-order valence-corrected chi connectivity index (χ2v) is 10.6. The highest BCUT2D eigenvalue weighted by Crippen LogP contribution is 2.45. The maximum Gasteiger partial charge on any atom is 0.0700 e. The fourth-order valence-corrected chi connectivity index (χ4v) is 6.27. The fraction of sp³-hybridized carbons (Fsp3) is 0.913. The van der Waals surface area contributed by atoms with Gasteiger partial charge in [-0.1, -0.05) is 25.0 Å². The summed E-state index contributed by atoms with van der Waals surface area (Å²) >= 11 is 0. The first-order valence-corrected chi connectivity index (χ1v) is 11.3. The minimum Gasteiger partial charge on any atom is -0.396 e. The number of aliphatic hydroxyl groups excluding tert-OH is 1. The van der Waals surface area contributed by atoms with E-state index < -0.39 is 0 Å². The van der Waals surface area contributed by atoms with E-state index in [-0.39, 0.29) is 5.41 Å². The third-order valence-corrected chi connectivity index (χ3v) is 7.88. The van der Waals surface area contributed by atoms with E-state index >= 15 is 0 Å². The second-order valence-electron chi connectivity index (χ2n) is 10.6. The minimum atomic E-state index is 0.0553. The lowest BCUT2D eigenvalue weighted by Gasteiger charge is -2.37. The van der Waals surface area contributed by atoms with Crippen LogP contribution in [0.25, 0.3) is 0 Å². The molecule has 0 bridgehead atoms. The Balaban J connectivity index is 1.37. The Morgan fingerprint density at radius 3 is 2.39 bits per heavy atom. The lowest BCUT2D eigenvalue weighted by Crippen LogP contribution is -2.40. The highest BCUT2D eigenvalue weighted by atomic mass is 16.5. The van der Waals surface area contributed by atoms with Gasteiger partial charge in [0.2, 0.25) is 0 Å². The van der Waals surface area contributed by atoms with E-state index in [0.717, 1.165) is 65.7 Å². The standard InChI is InChI=1S/C23H40N2O3/c1-18-5-4-6-22(2,3)21(18)12-25-11-20-10-24(15-23(20,16-25)17-26)9-19-13-27-7-8-28-14-19/h19-20,26H,4-17H2,1-3H3. The molecule has 2 unspecified atom stereocenters. The first-order valence-electron chi connectivity index (χ1n) is 11.3. The van der Waals surface area contributed by atoms with Crippen molar-refractivity contribution in [1.29, 1.82) is 0 Å². The Morgan fingerprint density at radius 2 is 1.75 bits per heavy atom. The van der Waals surface area contributed by atoms with Gasteiger partial charge >= 0.3 is 0 Å². The summed E-state index contributed by atoms with van der Waals surface area (Å²) in [5.74, 6) is 1.04. The molecule has 2 atom stereocenters. The molecule has 5 nitrogen and oxygen atoms in total. The Labute approximate surface area is 171 Å². The fourth-order valence-electron chi connectivity index (χ4n) is 6.27. The molecule has 1 aliphatic carbocycles. The van der Waals surface area contributed by atoms with Gasteiger partial charge in [-0.05, 0) is 37.5 Å². The SMILES string of the molecule is CC1=C(CN2CC3CN(CC4COCCOC4)CC3(CO)C2)C(C)(C)CCC1. The van der Waals surface area contributed by atoms with Crippen molar-refractivity contribution in [3.8, 4) is 0 Å². The average Bonchev–Trinajstić information content (AvgIpc) is 3.00. The number of hydrogen-bond donors (Lipinski definition) is 1. The molecule has 0 saturated carbocycles. The van der Waals surface area contributed by atoms with Gasteiger partial charge in [-0.25, -0.2) is 0 Å². The maximum absolute atomic E-state index is 10.4. The zero-order chi connectivity index (χ0) is 19.8. The second kappa shape index (κ2) is 8.35. The highest BCUT2D eigenvalue weighted by molar-refractivity contribution is 5.24. The van der Waals surface area contributed by atoms with E-state index in [4.69, 9.17) is 9.47 Å². The Morgan fingerprint density at radius 1 is 1.07 bits per heavy atom. The summed E-state index contributed by atoms with van der Waals surface area (Å²) in [5.41, 5.74) is 3.66. The van der Waals surface area contributed by atoms with Gasteiger partial charge in [-0.3, -0.25) is 4.90 Å². The molecular weight excluding hydrogens is 352 g/mol. The molecule has 28 heavy (non-hydrogen) atoms. The van der Waals surface area contributed by atoms with Crippen LogP contribution >= 0.6 is 0 Å². The molecule has 0 aromatic heterocycles. The lowest BCUT2D eigenvalue weighted by atomic mass is 9.72. The van der Waals surface area contributed by atoms with Crippen molar-refractivity contribution in [2.45, 2.75) is 40.0 Å². The largest absolute Gasteiger partial charge is 0.396 e.